The lowest BCUT2D eigenvalue weighted by molar-refractivity contribution is -0.129. The van der Waals surface area contributed by atoms with Crippen molar-refractivity contribution in [2.75, 3.05) is 31.2 Å². The van der Waals surface area contributed by atoms with Crippen molar-refractivity contribution in [1.29, 1.82) is 0 Å². The number of rotatable bonds is 9. The molecule has 0 saturated carbocycles. The normalized spacial score (nSPS) is 16.5. The van der Waals surface area contributed by atoms with Crippen LogP contribution >= 0.6 is 0 Å². The minimum atomic E-state index is 0.191. The maximum absolute atomic E-state index is 10.7. The summed E-state index contributed by atoms with van der Waals surface area (Å²) < 4.78 is 16.7. The van der Waals surface area contributed by atoms with E-state index in [2.05, 4.69) is 47.4 Å². The van der Waals surface area contributed by atoms with Crippen LogP contribution in [0.1, 0.15) is 29.5 Å². The van der Waals surface area contributed by atoms with Crippen molar-refractivity contribution in [3.63, 3.8) is 0 Å². The average Bonchev–Trinajstić information content (AvgIpc) is 2.90. The van der Waals surface area contributed by atoms with Gasteiger partial charge in [0, 0.05) is 36.3 Å². The topological polar surface area (TPSA) is 74.0 Å². The second-order valence-corrected chi connectivity index (χ2v) is 9.58. The van der Waals surface area contributed by atoms with Crippen LogP contribution in [0.4, 0.5) is 5.69 Å². The van der Waals surface area contributed by atoms with Gasteiger partial charge >= 0.3 is 0 Å². The summed E-state index contributed by atoms with van der Waals surface area (Å²) in [5.74, 6) is 0.719. The van der Waals surface area contributed by atoms with E-state index < -0.39 is 0 Å². The third kappa shape index (κ3) is 5.34. The predicted molar refractivity (Wildman–Crippen MR) is 136 cm³/mol. The molecule has 3 aromatic carbocycles. The summed E-state index contributed by atoms with van der Waals surface area (Å²) in [5, 5.41) is 0. The molecule has 2 aliphatic rings. The van der Waals surface area contributed by atoms with Crippen LogP contribution in [-0.2, 0) is 34.0 Å². The van der Waals surface area contributed by atoms with Gasteiger partial charge in [-0.05, 0) is 65.4 Å². The highest BCUT2D eigenvalue weighted by atomic mass is 16.5. The Kier molecular flexibility index (Phi) is 7.02. The van der Waals surface area contributed by atoms with Crippen LogP contribution in [0.25, 0.3) is 11.1 Å². The van der Waals surface area contributed by atoms with Gasteiger partial charge in [-0.1, -0.05) is 36.4 Å². The first-order valence-corrected chi connectivity index (χ1v) is 12.2. The fourth-order valence-electron chi connectivity index (χ4n) is 4.95. The molecule has 0 amide bonds. The molecule has 6 nitrogen and oxygen atoms in total. The number of anilines is 1. The van der Waals surface area contributed by atoms with Gasteiger partial charge in [-0.3, -0.25) is 4.79 Å². The van der Waals surface area contributed by atoms with Gasteiger partial charge in [-0.2, -0.15) is 0 Å². The second kappa shape index (κ2) is 10.5. The number of para-hydroxylation sites is 1. The Morgan fingerprint density at radius 3 is 2.46 bits per heavy atom. The summed E-state index contributed by atoms with van der Waals surface area (Å²) in [6.45, 7) is 5.44. The van der Waals surface area contributed by atoms with Crippen molar-refractivity contribution >= 4 is 12.2 Å². The molecule has 2 fully saturated rings. The molecule has 2 aliphatic heterocycles. The molecule has 0 aromatic heterocycles. The number of carbonyl (C=O) groups is 1. The molecule has 182 valence electrons. The highest BCUT2D eigenvalue weighted by Crippen LogP contribution is 2.40. The first-order chi connectivity index (χ1) is 17.2. The third-order valence-corrected chi connectivity index (χ3v) is 7.15. The van der Waals surface area contributed by atoms with Gasteiger partial charge in [0.15, 0.2) is 0 Å². The molecule has 0 bridgehead atoms. The molecule has 0 unspecified atom stereocenters. The van der Waals surface area contributed by atoms with Gasteiger partial charge in [0.25, 0.3) is 6.47 Å². The molecule has 1 spiro atoms. The zero-order chi connectivity index (χ0) is 24.1. The number of hydrogen-bond donors (Lipinski definition) is 1. The van der Waals surface area contributed by atoms with Crippen molar-refractivity contribution in [2.45, 2.75) is 32.6 Å². The molecule has 2 heterocycles. The smallest absolute Gasteiger partial charge is 0.293 e. The lowest BCUT2D eigenvalue weighted by atomic mass is 9.76. The van der Waals surface area contributed by atoms with E-state index in [0.717, 1.165) is 72.7 Å². The highest BCUT2D eigenvalue weighted by Gasteiger charge is 2.41. The van der Waals surface area contributed by atoms with E-state index in [0.29, 0.717) is 25.0 Å². The van der Waals surface area contributed by atoms with Crippen LogP contribution in [0.3, 0.4) is 0 Å². The van der Waals surface area contributed by atoms with E-state index in [1.165, 1.54) is 5.69 Å². The summed E-state index contributed by atoms with van der Waals surface area (Å²) in [6, 6.07) is 22.8. The maximum atomic E-state index is 10.7. The van der Waals surface area contributed by atoms with Gasteiger partial charge in [0.05, 0.1) is 13.2 Å². The number of piperidine rings is 1. The Hall–Kier alpha value is -3.35. The molecule has 35 heavy (non-hydrogen) atoms. The number of hydrogen-bond acceptors (Lipinski definition) is 6. The molecule has 2 saturated heterocycles. The Morgan fingerprint density at radius 2 is 1.71 bits per heavy atom. The summed E-state index contributed by atoms with van der Waals surface area (Å²) >= 11 is 0. The number of ether oxygens (including phenoxy) is 3. The number of nitrogens with zero attached hydrogens (tertiary/aromatic N) is 1. The van der Waals surface area contributed by atoms with Crippen LogP contribution < -0.4 is 15.4 Å². The highest BCUT2D eigenvalue weighted by molar-refractivity contribution is 5.70. The summed E-state index contributed by atoms with van der Waals surface area (Å²) in [6.07, 6.45) is 2.33. The molecule has 0 aliphatic carbocycles. The Labute approximate surface area is 206 Å². The van der Waals surface area contributed by atoms with Crippen molar-refractivity contribution in [1.82, 2.24) is 0 Å². The molecule has 6 heteroatoms. The third-order valence-electron chi connectivity index (χ3n) is 7.15. The van der Waals surface area contributed by atoms with Crippen molar-refractivity contribution < 1.29 is 19.0 Å². The molecule has 0 radical (unpaired) electrons. The van der Waals surface area contributed by atoms with Crippen LogP contribution in [0, 0.1) is 5.41 Å². The largest absolute Gasteiger partial charge is 0.488 e. The van der Waals surface area contributed by atoms with Gasteiger partial charge in [0.1, 0.15) is 19.0 Å². The lowest BCUT2D eigenvalue weighted by Crippen LogP contribution is -2.50. The van der Waals surface area contributed by atoms with Gasteiger partial charge < -0.3 is 24.8 Å². The van der Waals surface area contributed by atoms with E-state index in [4.69, 9.17) is 19.9 Å². The molecular weight excluding hydrogens is 440 g/mol. The number of carbonyl (C=O) groups excluding carboxylic acids is 1. The minimum absolute atomic E-state index is 0.191. The van der Waals surface area contributed by atoms with Crippen LogP contribution in [0.15, 0.2) is 66.7 Å². The van der Waals surface area contributed by atoms with E-state index in [-0.39, 0.29) is 6.61 Å². The predicted octanol–water partition coefficient (Wildman–Crippen LogP) is 4.68. The van der Waals surface area contributed by atoms with E-state index in [1.54, 1.807) is 0 Å². The van der Waals surface area contributed by atoms with Crippen LogP contribution in [0.5, 0.6) is 5.75 Å². The van der Waals surface area contributed by atoms with Crippen LogP contribution in [0.2, 0.25) is 0 Å². The fourth-order valence-corrected chi connectivity index (χ4v) is 4.95. The van der Waals surface area contributed by atoms with Crippen LogP contribution in [-0.4, -0.2) is 32.8 Å². The zero-order valence-corrected chi connectivity index (χ0v) is 19.9. The first kappa shape index (κ1) is 23.4. The van der Waals surface area contributed by atoms with Gasteiger partial charge in [-0.25, -0.2) is 0 Å². The molecule has 2 N–H and O–H groups in total. The second-order valence-electron chi connectivity index (χ2n) is 9.58. The fraction of sp³-hybridized carbons (Fsp3) is 0.345. The lowest BCUT2D eigenvalue weighted by Gasteiger charge is -2.48. The Bertz CT molecular complexity index is 1160. The molecule has 3 aromatic rings. The standard InChI is InChI=1S/C29H32N2O4/c30-16-22-4-3-6-24(12-22)26-13-23(17-35-28-7-2-1-5-25(28)18-33-21-32)14-27(15-26)31-10-8-29(9-11-31)19-34-20-29/h1-7,12-15,21H,8-11,16-20,30H2. The number of nitrogens with two attached hydrogens (primary N) is 1. The van der Waals surface area contributed by atoms with E-state index in [9.17, 15) is 4.79 Å². The van der Waals surface area contributed by atoms with Gasteiger partial charge in [0.2, 0.25) is 0 Å². The maximum Gasteiger partial charge on any atom is 0.293 e. The number of benzene rings is 3. The molecule has 5 rings (SSSR count). The zero-order valence-electron chi connectivity index (χ0n) is 19.9. The molecular formula is C29H32N2O4. The summed E-state index contributed by atoms with van der Waals surface area (Å²) in [4.78, 5) is 13.1. The summed E-state index contributed by atoms with van der Waals surface area (Å²) in [5.41, 5.74) is 12.9. The Morgan fingerprint density at radius 1 is 0.914 bits per heavy atom. The summed E-state index contributed by atoms with van der Waals surface area (Å²) in [7, 11) is 0. The van der Waals surface area contributed by atoms with E-state index in [1.807, 2.05) is 24.3 Å². The molecule has 0 atom stereocenters. The average molecular weight is 473 g/mol. The first-order valence-electron chi connectivity index (χ1n) is 12.2. The van der Waals surface area contributed by atoms with Crippen molar-refractivity contribution in [3.8, 4) is 16.9 Å². The van der Waals surface area contributed by atoms with Crippen molar-refractivity contribution in [3.05, 3.63) is 83.4 Å². The van der Waals surface area contributed by atoms with Gasteiger partial charge in [-0.15, -0.1) is 0 Å². The van der Waals surface area contributed by atoms with E-state index >= 15 is 0 Å². The quantitative estimate of drug-likeness (QED) is 0.456. The minimum Gasteiger partial charge on any atom is -0.488 e. The Balaban J connectivity index is 1.41. The SMILES string of the molecule is NCc1cccc(-c2cc(COc3ccccc3COC=O)cc(N3CCC4(CC3)COC4)c2)c1. The monoisotopic (exact) mass is 472 g/mol. The van der Waals surface area contributed by atoms with Crippen molar-refractivity contribution in [2.24, 2.45) is 11.1 Å².